The summed E-state index contributed by atoms with van der Waals surface area (Å²) >= 11 is 12.2. The standard InChI is InChI=1S/C23H27Cl2N3O3S/c1-26(2)32(30,31)19-6-8-22-17(13-19)9-11-28(22)23(29)18-4-3-10-27(15-18)14-16-5-7-20(24)21(25)12-16/h5-8,12-13,18H,3-4,9-11,14-15H2,1-2H3. The van der Waals surface area contributed by atoms with E-state index in [2.05, 4.69) is 4.90 Å². The number of amides is 1. The maximum absolute atomic E-state index is 13.4. The first-order valence-electron chi connectivity index (χ1n) is 10.7. The molecule has 1 fully saturated rings. The average Bonchev–Trinajstić information content (AvgIpc) is 3.19. The van der Waals surface area contributed by atoms with E-state index in [0.29, 0.717) is 29.6 Å². The minimum Gasteiger partial charge on any atom is -0.312 e. The van der Waals surface area contributed by atoms with Gasteiger partial charge in [-0.3, -0.25) is 9.69 Å². The predicted molar refractivity (Wildman–Crippen MR) is 128 cm³/mol. The van der Waals surface area contributed by atoms with Crippen molar-refractivity contribution in [3.63, 3.8) is 0 Å². The van der Waals surface area contributed by atoms with Crippen molar-refractivity contribution in [1.29, 1.82) is 0 Å². The van der Waals surface area contributed by atoms with E-state index >= 15 is 0 Å². The zero-order valence-electron chi connectivity index (χ0n) is 18.2. The highest BCUT2D eigenvalue weighted by molar-refractivity contribution is 7.89. The van der Waals surface area contributed by atoms with Crippen LogP contribution in [0.1, 0.15) is 24.0 Å². The van der Waals surface area contributed by atoms with Crippen LogP contribution in [0.25, 0.3) is 0 Å². The van der Waals surface area contributed by atoms with Gasteiger partial charge in [-0.05, 0) is 67.3 Å². The highest BCUT2D eigenvalue weighted by Crippen LogP contribution is 2.33. The molecule has 2 aliphatic rings. The predicted octanol–water partition coefficient (Wildman–Crippen LogP) is 4.05. The number of anilines is 1. The molecule has 2 aromatic carbocycles. The molecular weight excluding hydrogens is 469 g/mol. The number of benzene rings is 2. The lowest BCUT2D eigenvalue weighted by Crippen LogP contribution is -2.44. The molecule has 2 aromatic rings. The Morgan fingerprint density at radius 2 is 1.88 bits per heavy atom. The van der Waals surface area contributed by atoms with Gasteiger partial charge in [-0.25, -0.2) is 12.7 Å². The number of carbonyl (C=O) groups excluding carboxylic acids is 1. The summed E-state index contributed by atoms with van der Waals surface area (Å²) in [7, 11) is -0.456. The molecule has 0 radical (unpaired) electrons. The highest BCUT2D eigenvalue weighted by atomic mass is 35.5. The molecule has 172 valence electrons. The fourth-order valence-electron chi connectivity index (χ4n) is 4.50. The molecule has 2 aliphatic heterocycles. The van der Waals surface area contributed by atoms with Gasteiger partial charge >= 0.3 is 0 Å². The maximum atomic E-state index is 13.4. The maximum Gasteiger partial charge on any atom is 0.242 e. The van der Waals surface area contributed by atoms with Gasteiger partial charge in [-0.15, -0.1) is 0 Å². The molecule has 0 spiro atoms. The lowest BCUT2D eigenvalue weighted by molar-refractivity contribution is -0.124. The van der Waals surface area contributed by atoms with Gasteiger partial charge in [0.05, 0.1) is 20.9 Å². The van der Waals surface area contributed by atoms with E-state index in [9.17, 15) is 13.2 Å². The molecule has 9 heteroatoms. The molecule has 0 saturated carbocycles. The van der Waals surface area contributed by atoms with Crippen molar-refractivity contribution in [1.82, 2.24) is 9.21 Å². The van der Waals surface area contributed by atoms with E-state index in [1.165, 1.54) is 18.4 Å². The number of nitrogens with zero attached hydrogens (tertiary/aromatic N) is 3. The van der Waals surface area contributed by atoms with Gasteiger partial charge in [-0.1, -0.05) is 29.3 Å². The van der Waals surface area contributed by atoms with Crippen molar-refractivity contribution in [2.24, 2.45) is 5.92 Å². The smallest absolute Gasteiger partial charge is 0.242 e. The summed E-state index contributed by atoms with van der Waals surface area (Å²) in [5.41, 5.74) is 2.81. The Morgan fingerprint density at radius 3 is 2.59 bits per heavy atom. The number of hydrogen-bond acceptors (Lipinski definition) is 4. The third-order valence-electron chi connectivity index (χ3n) is 6.24. The van der Waals surface area contributed by atoms with Crippen LogP contribution in [0.4, 0.5) is 5.69 Å². The number of fused-ring (bicyclic) bond motifs is 1. The summed E-state index contributed by atoms with van der Waals surface area (Å²) in [5.74, 6) is 0.0356. The lowest BCUT2D eigenvalue weighted by atomic mass is 9.96. The van der Waals surface area contributed by atoms with Crippen LogP contribution in [0.2, 0.25) is 10.0 Å². The largest absolute Gasteiger partial charge is 0.312 e. The van der Waals surface area contributed by atoms with E-state index in [0.717, 1.165) is 42.7 Å². The Morgan fingerprint density at radius 1 is 1.09 bits per heavy atom. The van der Waals surface area contributed by atoms with Crippen LogP contribution in [0, 0.1) is 5.92 Å². The summed E-state index contributed by atoms with van der Waals surface area (Å²) in [6, 6.07) is 10.7. The number of rotatable bonds is 5. The zero-order chi connectivity index (χ0) is 23.0. The molecule has 2 heterocycles. The third-order valence-corrected chi connectivity index (χ3v) is 8.79. The fourth-order valence-corrected chi connectivity index (χ4v) is 5.77. The molecular formula is C23H27Cl2N3O3S. The second-order valence-electron chi connectivity index (χ2n) is 8.64. The Bertz CT molecular complexity index is 1140. The van der Waals surface area contributed by atoms with Crippen LogP contribution in [0.3, 0.4) is 0 Å². The summed E-state index contributed by atoms with van der Waals surface area (Å²) in [6.07, 6.45) is 2.48. The molecule has 1 atom stereocenters. The fraction of sp³-hybridized carbons (Fsp3) is 0.435. The quantitative estimate of drug-likeness (QED) is 0.627. The Balaban J connectivity index is 1.46. The van der Waals surface area contributed by atoms with Gasteiger partial charge in [0, 0.05) is 39.4 Å². The van der Waals surface area contributed by atoms with E-state index < -0.39 is 10.0 Å². The number of likely N-dealkylation sites (tertiary alicyclic amines) is 1. The molecule has 1 amide bonds. The Labute approximate surface area is 199 Å². The molecule has 6 nitrogen and oxygen atoms in total. The van der Waals surface area contributed by atoms with Crippen molar-refractivity contribution in [2.45, 2.75) is 30.7 Å². The average molecular weight is 496 g/mol. The van der Waals surface area contributed by atoms with Crippen molar-refractivity contribution < 1.29 is 13.2 Å². The summed E-state index contributed by atoms with van der Waals surface area (Å²) < 4.78 is 26.1. The number of hydrogen-bond donors (Lipinski definition) is 0. The molecule has 32 heavy (non-hydrogen) atoms. The molecule has 0 aromatic heterocycles. The van der Waals surface area contributed by atoms with E-state index in [1.807, 2.05) is 17.0 Å². The topological polar surface area (TPSA) is 60.9 Å². The van der Waals surface area contributed by atoms with Crippen LogP contribution < -0.4 is 4.90 Å². The van der Waals surface area contributed by atoms with Gasteiger partial charge in [0.15, 0.2) is 0 Å². The molecule has 0 N–H and O–H groups in total. The van der Waals surface area contributed by atoms with E-state index in [-0.39, 0.29) is 16.7 Å². The first-order chi connectivity index (χ1) is 15.2. The minimum absolute atomic E-state index is 0.0809. The monoisotopic (exact) mass is 495 g/mol. The third kappa shape index (κ3) is 4.68. The van der Waals surface area contributed by atoms with Crippen molar-refractivity contribution in [2.75, 3.05) is 38.6 Å². The van der Waals surface area contributed by atoms with Crippen molar-refractivity contribution >= 4 is 44.8 Å². The van der Waals surface area contributed by atoms with Gasteiger partial charge in [0.25, 0.3) is 0 Å². The van der Waals surface area contributed by atoms with Crippen LogP contribution in [0.5, 0.6) is 0 Å². The SMILES string of the molecule is CN(C)S(=O)(=O)c1ccc2c(c1)CCN2C(=O)C1CCCN(Cc2ccc(Cl)c(Cl)c2)C1. The van der Waals surface area contributed by atoms with Crippen LogP contribution in [-0.4, -0.2) is 57.3 Å². The summed E-state index contributed by atoms with van der Waals surface area (Å²) in [4.78, 5) is 17.8. The lowest BCUT2D eigenvalue weighted by Gasteiger charge is -2.34. The molecule has 1 saturated heterocycles. The summed E-state index contributed by atoms with van der Waals surface area (Å²) in [6.45, 7) is 2.94. The van der Waals surface area contributed by atoms with Gasteiger partial charge < -0.3 is 4.90 Å². The first kappa shape index (κ1) is 23.5. The van der Waals surface area contributed by atoms with Gasteiger partial charge in [0.2, 0.25) is 15.9 Å². The van der Waals surface area contributed by atoms with E-state index in [1.54, 1.807) is 24.3 Å². The minimum atomic E-state index is -3.49. The number of piperidine rings is 1. The van der Waals surface area contributed by atoms with Crippen LogP contribution >= 0.6 is 23.2 Å². The molecule has 1 unspecified atom stereocenters. The Kier molecular flexibility index (Phi) is 6.84. The number of carbonyl (C=O) groups is 1. The Hall–Kier alpha value is -1.64. The number of sulfonamides is 1. The van der Waals surface area contributed by atoms with Crippen LogP contribution in [-0.2, 0) is 27.8 Å². The second-order valence-corrected chi connectivity index (χ2v) is 11.6. The highest BCUT2D eigenvalue weighted by Gasteiger charge is 2.33. The second kappa shape index (κ2) is 9.31. The first-order valence-corrected chi connectivity index (χ1v) is 12.9. The zero-order valence-corrected chi connectivity index (χ0v) is 20.6. The number of halogens is 2. The molecule has 0 bridgehead atoms. The summed E-state index contributed by atoms with van der Waals surface area (Å²) in [5, 5.41) is 1.08. The van der Waals surface area contributed by atoms with Crippen molar-refractivity contribution in [3.05, 3.63) is 57.6 Å². The van der Waals surface area contributed by atoms with Gasteiger partial charge in [0.1, 0.15) is 0 Å². The van der Waals surface area contributed by atoms with E-state index in [4.69, 9.17) is 23.2 Å². The van der Waals surface area contributed by atoms with Crippen molar-refractivity contribution in [3.8, 4) is 0 Å². The molecule has 0 aliphatic carbocycles. The molecule has 4 rings (SSSR count). The normalized spacial score (nSPS) is 19.4. The van der Waals surface area contributed by atoms with Crippen LogP contribution in [0.15, 0.2) is 41.3 Å². The van der Waals surface area contributed by atoms with Gasteiger partial charge in [-0.2, -0.15) is 0 Å².